The van der Waals surface area contributed by atoms with E-state index in [0.717, 1.165) is 5.82 Å². The van der Waals surface area contributed by atoms with Gasteiger partial charge in [0.1, 0.15) is 17.2 Å². The highest BCUT2D eigenvalue weighted by molar-refractivity contribution is 7.99. The highest BCUT2D eigenvalue weighted by atomic mass is 35.5. The standard InChI is InChI=1S/C16H20ClN5O2S/c1-8(2)25-7-11-20-21-15-13(17)10(5-6-22(11)15)14(23)12(9(3)18)16(24)19-4/h5-6,8,18,23H,7H2,1-4H3,(H,19,24). The monoisotopic (exact) mass is 381 g/mol. The van der Waals surface area contributed by atoms with Gasteiger partial charge in [0, 0.05) is 24.5 Å². The minimum absolute atomic E-state index is 0.0664. The van der Waals surface area contributed by atoms with Crippen LogP contribution in [0, 0.1) is 5.41 Å². The van der Waals surface area contributed by atoms with Crippen LogP contribution in [-0.4, -0.2) is 43.6 Å². The number of fused-ring (bicyclic) bond motifs is 1. The predicted molar refractivity (Wildman–Crippen MR) is 101 cm³/mol. The number of hydrogen-bond donors (Lipinski definition) is 3. The first-order valence-corrected chi connectivity index (χ1v) is 9.05. The third kappa shape index (κ3) is 3.96. The average Bonchev–Trinajstić information content (AvgIpc) is 2.96. The number of carbonyl (C=O) groups excluding carboxylic acids is 1. The van der Waals surface area contributed by atoms with E-state index in [1.807, 2.05) is 0 Å². The van der Waals surface area contributed by atoms with E-state index >= 15 is 0 Å². The number of aliphatic hydroxyl groups is 1. The number of thioether (sulfide) groups is 1. The highest BCUT2D eigenvalue weighted by Gasteiger charge is 2.21. The SMILES string of the molecule is CNC(=O)C(C(C)=N)=C(O)c1ccn2c(CSC(C)C)nnc2c1Cl. The second-order valence-corrected chi connectivity index (χ2v) is 7.58. The smallest absolute Gasteiger partial charge is 0.256 e. The molecule has 0 atom stereocenters. The number of carbonyl (C=O) groups is 1. The second kappa shape index (κ2) is 7.88. The third-order valence-corrected chi connectivity index (χ3v) is 4.92. The van der Waals surface area contributed by atoms with E-state index in [-0.39, 0.29) is 27.6 Å². The molecule has 0 aliphatic carbocycles. The zero-order chi connectivity index (χ0) is 18.7. The number of amides is 1. The van der Waals surface area contributed by atoms with Gasteiger partial charge in [0.15, 0.2) is 5.65 Å². The number of hydrogen-bond acceptors (Lipinski definition) is 6. The molecule has 0 spiro atoms. The summed E-state index contributed by atoms with van der Waals surface area (Å²) >= 11 is 8.11. The van der Waals surface area contributed by atoms with Crippen molar-refractivity contribution in [3.05, 3.63) is 34.2 Å². The summed E-state index contributed by atoms with van der Waals surface area (Å²) in [5.41, 5.74) is 0.422. The number of nitrogens with zero attached hydrogens (tertiary/aromatic N) is 3. The van der Waals surface area contributed by atoms with Crippen LogP contribution in [-0.2, 0) is 10.5 Å². The lowest BCUT2D eigenvalue weighted by molar-refractivity contribution is -0.116. The molecule has 0 fully saturated rings. The van der Waals surface area contributed by atoms with Crippen molar-refractivity contribution in [1.82, 2.24) is 19.9 Å². The van der Waals surface area contributed by atoms with Crippen molar-refractivity contribution < 1.29 is 9.90 Å². The van der Waals surface area contributed by atoms with Gasteiger partial charge in [0.05, 0.1) is 10.8 Å². The molecule has 3 N–H and O–H groups in total. The minimum Gasteiger partial charge on any atom is -0.506 e. The fourth-order valence-corrected chi connectivity index (χ4v) is 3.17. The molecule has 7 nitrogen and oxygen atoms in total. The molecule has 2 aromatic heterocycles. The molecule has 0 radical (unpaired) electrons. The van der Waals surface area contributed by atoms with Crippen LogP contribution in [0.1, 0.15) is 32.2 Å². The Hall–Kier alpha value is -2.06. The Bertz CT molecular complexity index is 860. The number of aliphatic hydroxyl groups excluding tert-OH is 1. The van der Waals surface area contributed by atoms with Gasteiger partial charge in [0.25, 0.3) is 5.91 Å². The molecule has 2 heterocycles. The summed E-state index contributed by atoms with van der Waals surface area (Å²) in [7, 11) is 1.43. The summed E-state index contributed by atoms with van der Waals surface area (Å²) in [6.07, 6.45) is 1.70. The maximum atomic E-state index is 11.9. The molecule has 0 aliphatic rings. The Labute approximate surface area is 155 Å². The summed E-state index contributed by atoms with van der Waals surface area (Å²) in [5, 5.41) is 29.5. The van der Waals surface area contributed by atoms with Crippen molar-refractivity contribution in [1.29, 1.82) is 5.41 Å². The molecule has 134 valence electrons. The van der Waals surface area contributed by atoms with Crippen molar-refractivity contribution in [3.63, 3.8) is 0 Å². The molecule has 2 rings (SSSR count). The maximum Gasteiger partial charge on any atom is 0.256 e. The number of nitrogens with one attached hydrogen (secondary N) is 2. The molecule has 0 unspecified atom stereocenters. The lowest BCUT2D eigenvalue weighted by Gasteiger charge is -2.11. The van der Waals surface area contributed by atoms with E-state index in [1.165, 1.54) is 14.0 Å². The zero-order valence-corrected chi connectivity index (χ0v) is 16.0. The molecule has 0 saturated heterocycles. The van der Waals surface area contributed by atoms with Gasteiger partial charge in [-0.05, 0) is 18.2 Å². The number of aromatic nitrogens is 3. The summed E-state index contributed by atoms with van der Waals surface area (Å²) in [6, 6.07) is 1.59. The lowest BCUT2D eigenvalue weighted by Crippen LogP contribution is -2.24. The van der Waals surface area contributed by atoms with Gasteiger partial charge >= 0.3 is 0 Å². The van der Waals surface area contributed by atoms with Crippen LogP contribution in [0.25, 0.3) is 11.4 Å². The van der Waals surface area contributed by atoms with E-state index in [2.05, 4.69) is 29.4 Å². The maximum absolute atomic E-state index is 11.9. The van der Waals surface area contributed by atoms with Crippen molar-refractivity contribution in [3.8, 4) is 0 Å². The topological polar surface area (TPSA) is 103 Å². The lowest BCUT2D eigenvalue weighted by atomic mass is 10.0. The fraction of sp³-hybridized carbons (Fsp3) is 0.375. The van der Waals surface area contributed by atoms with E-state index in [4.69, 9.17) is 17.0 Å². The Balaban J connectivity index is 2.55. The summed E-state index contributed by atoms with van der Waals surface area (Å²) in [5.74, 6) is 0.511. The van der Waals surface area contributed by atoms with Crippen LogP contribution in [0.3, 0.4) is 0 Å². The Kier molecular flexibility index (Phi) is 6.07. The Morgan fingerprint density at radius 1 is 1.48 bits per heavy atom. The van der Waals surface area contributed by atoms with Gasteiger partial charge in [-0.2, -0.15) is 11.8 Å². The van der Waals surface area contributed by atoms with Crippen molar-refractivity contribution in [2.24, 2.45) is 0 Å². The largest absolute Gasteiger partial charge is 0.506 e. The number of rotatable bonds is 6. The first kappa shape index (κ1) is 19.3. The van der Waals surface area contributed by atoms with Gasteiger partial charge in [-0.15, -0.1) is 10.2 Å². The van der Waals surface area contributed by atoms with Gasteiger partial charge in [-0.1, -0.05) is 25.4 Å². The zero-order valence-electron chi connectivity index (χ0n) is 14.4. The number of halogens is 1. The molecule has 0 bridgehead atoms. The van der Waals surface area contributed by atoms with Crippen molar-refractivity contribution >= 4 is 46.4 Å². The molecule has 0 aromatic carbocycles. The minimum atomic E-state index is -0.559. The Morgan fingerprint density at radius 3 is 2.72 bits per heavy atom. The quantitative estimate of drug-likeness (QED) is 0.405. The first-order chi connectivity index (χ1) is 11.8. The Morgan fingerprint density at radius 2 is 2.16 bits per heavy atom. The molecule has 2 aromatic rings. The van der Waals surface area contributed by atoms with Gasteiger partial charge in [-0.25, -0.2) is 0 Å². The number of likely N-dealkylation sites (N-methyl/N-ethyl adjacent to an activating group) is 1. The molecule has 1 amide bonds. The highest BCUT2D eigenvalue weighted by Crippen LogP contribution is 2.29. The summed E-state index contributed by atoms with van der Waals surface area (Å²) in [4.78, 5) is 11.9. The van der Waals surface area contributed by atoms with Crippen LogP contribution >= 0.6 is 23.4 Å². The molecular formula is C16H20ClN5O2S. The predicted octanol–water partition coefficient (Wildman–Crippen LogP) is 3.08. The van der Waals surface area contributed by atoms with Crippen LogP contribution in [0.15, 0.2) is 17.8 Å². The van der Waals surface area contributed by atoms with E-state index < -0.39 is 5.91 Å². The number of pyridine rings is 1. The van der Waals surface area contributed by atoms with Crippen molar-refractivity contribution in [2.45, 2.75) is 31.8 Å². The van der Waals surface area contributed by atoms with Crippen LogP contribution < -0.4 is 5.32 Å². The van der Waals surface area contributed by atoms with E-state index in [1.54, 1.807) is 28.4 Å². The normalized spacial score (nSPS) is 12.4. The summed E-state index contributed by atoms with van der Waals surface area (Å²) in [6.45, 7) is 5.62. The fourth-order valence-electron chi connectivity index (χ4n) is 2.21. The third-order valence-electron chi connectivity index (χ3n) is 3.46. The molecular weight excluding hydrogens is 362 g/mol. The van der Waals surface area contributed by atoms with E-state index in [9.17, 15) is 9.90 Å². The summed E-state index contributed by atoms with van der Waals surface area (Å²) < 4.78 is 1.76. The molecule has 9 heteroatoms. The van der Waals surface area contributed by atoms with Crippen LogP contribution in [0.2, 0.25) is 5.02 Å². The van der Waals surface area contributed by atoms with Crippen LogP contribution in [0.4, 0.5) is 0 Å². The van der Waals surface area contributed by atoms with Crippen molar-refractivity contribution in [2.75, 3.05) is 7.05 Å². The van der Waals surface area contributed by atoms with Gasteiger partial charge < -0.3 is 15.8 Å². The first-order valence-electron chi connectivity index (χ1n) is 7.62. The van der Waals surface area contributed by atoms with Crippen LogP contribution in [0.5, 0.6) is 0 Å². The van der Waals surface area contributed by atoms with E-state index in [0.29, 0.717) is 16.6 Å². The average molecular weight is 382 g/mol. The second-order valence-electron chi connectivity index (χ2n) is 5.64. The molecule has 0 aliphatic heterocycles. The molecule has 0 saturated carbocycles. The van der Waals surface area contributed by atoms with Gasteiger partial charge in [0.2, 0.25) is 0 Å². The van der Waals surface area contributed by atoms with Gasteiger partial charge in [-0.3, -0.25) is 9.20 Å². The molecule has 25 heavy (non-hydrogen) atoms.